The van der Waals surface area contributed by atoms with Crippen molar-refractivity contribution in [1.29, 1.82) is 0 Å². The second kappa shape index (κ2) is 6.39. The minimum atomic E-state index is -0.665. The van der Waals surface area contributed by atoms with E-state index in [9.17, 15) is 8.78 Å². The van der Waals surface area contributed by atoms with Crippen LogP contribution in [-0.2, 0) is 0 Å². The number of rotatable bonds is 3. The van der Waals surface area contributed by atoms with E-state index < -0.39 is 17.7 Å². The first-order valence-corrected chi connectivity index (χ1v) is 7.26. The third kappa shape index (κ3) is 2.98. The summed E-state index contributed by atoms with van der Waals surface area (Å²) in [6.07, 6.45) is 0. The van der Waals surface area contributed by atoms with Gasteiger partial charge in [-0.25, -0.2) is 8.78 Å². The highest BCUT2D eigenvalue weighted by molar-refractivity contribution is 9.10. The van der Waals surface area contributed by atoms with Crippen molar-refractivity contribution in [2.75, 3.05) is 7.05 Å². The van der Waals surface area contributed by atoms with E-state index in [2.05, 4.69) is 21.2 Å². The molecule has 0 bridgehead atoms. The van der Waals surface area contributed by atoms with E-state index in [1.807, 2.05) is 0 Å². The topological polar surface area (TPSA) is 12.0 Å². The van der Waals surface area contributed by atoms with E-state index in [0.29, 0.717) is 15.6 Å². The van der Waals surface area contributed by atoms with Crippen LogP contribution in [0.2, 0.25) is 10.0 Å². The van der Waals surface area contributed by atoms with E-state index in [1.165, 1.54) is 12.1 Å². The summed E-state index contributed by atoms with van der Waals surface area (Å²) in [5.74, 6) is -1.27. The number of halogens is 5. The van der Waals surface area contributed by atoms with Crippen LogP contribution in [0, 0.1) is 11.6 Å². The zero-order valence-corrected chi connectivity index (χ0v) is 13.5. The van der Waals surface area contributed by atoms with E-state index >= 15 is 0 Å². The van der Waals surface area contributed by atoms with Crippen molar-refractivity contribution in [2.24, 2.45) is 0 Å². The molecule has 0 fully saturated rings. The summed E-state index contributed by atoms with van der Waals surface area (Å²) in [6.45, 7) is 0. The van der Waals surface area contributed by atoms with Crippen LogP contribution < -0.4 is 5.32 Å². The van der Waals surface area contributed by atoms with Crippen LogP contribution in [0.25, 0.3) is 0 Å². The second-order valence-electron chi connectivity index (χ2n) is 4.15. The van der Waals surface area contributed by atoms with Gasteiger partial charge in [-0.1, -0.05) is 29.3 Å². The lowest BCUT2D eigenvalue weighted by molar-refractivity contribution is 0.518. The maximum atomic E-state index is 14.2. The molecule has 2 aromatic carbocycles. The predicted octanol–water partition coefficient (Wildman–Crippen LogP) is 5.34. The van der Waals surface area contributed by atoms with Crippen molar-refractivity contribution in [3.63, 3.8) is 0 Å². The minimum Gasteiger partial charge on any atom is -0.309 e. The van der Waals surface area contributed by atoms with Gasteiger partial charge in [0.25, 0.3) is 0 Å². The van der Waals surface area contributed by atoms with Gasteiger partial charge in [-0.15, -0.1) is 0 Å². The molecule has 0 saturated heterocycles. The van der Waals surface area contributed by atoms with Crippen molar-refractivity contribution in [1.82, 2.24) is 5.32 Å². The number of benzene rings is 2. The van der Waals surface area contributed by atoms with E-state index in [0.717, 1.165) is 0 Å². The molecule has 0 aliphatic heterocycles. The van der Waals surface area contributed by atoms with Crippen molar-refractivity contribution in [2.45, 2.75) is 6.04 Å². The van der Waals surface area contributed by atoms with Crippen LogP contribution in [0.4, 0.5) is 8.78 Å². The standard InChI is InChI=1S/C14H10BrCl2F2N/c1-20-14(7-2-4-9(16)10(17)6-7)12-11(18)5-3-8(15)13(12)19/h2-6,14,20H,1H3. The molecule has 20 heavy (non-hydrogen) atoms. The maximum absolute atomic E-state index is 14.2. The SMILES string of the molecule is CNC(c1ccc(Cl)c(Cl)c1)c1c(F)ccc(Br)c1F. The number of hydrogen-bond acceptors (Lipinski definition) is 1. The molecule has 2 rings (SSSR count). The summed E-state index contributed by atoms with van der Waals surface area (Å²) in [7, 11) is 1.62. The predicted molar refractivity (Wildman–Crippen MR) is 81.4 cm³/mol. The van der Waals surface area contributed by atoms with Crippen molar-refractivity contribution >= 4 is 39.1 Å². The molecule has 0 radical (unpaired) electrons. The Morgan fingerprint density at radius 3 is 2.40 bits per heavy atom. The quantitative estimate of drug-likeness (QED) is 0.708. The molecule has 106 valence electrons. The normalized spacial score (nSPS) is 12.5. The highest BCUT2D eigenvalue weighted by Crippen LogP contribution is 2.33. The first-order chi connectivity index (χ1) is 9.45. The first kappa shape index (κ1) is 15.7. The van der Waals surface area contributed by atoms with Crippen LogP contribution in [0.5, 0.6) is 0 Å². The van der Waals surface area contributed by atoms with Gasteiger partial charge < -0.3 is 5.32 Å². The summed E-state index contributed by atoms with van der Waals surface area (Å²) < 4.78 is 28.4. The van der Waals surface area contributed by atoms with Gasteiger partial charge in [0.05, 0.1) is 20.6 Å². The molecular weight excluding hydrogens is 371 g/mol. The summed E-state index contributed by atoms with van der Waals surface area (Å²) in [5, 5.41) is 3.61. The Kier molecular flexibility index (Phi) is 5.02. The van der Waals surface area contributed by atoms with E-state index in [1.54, 1.807) is 25.2 Å². The third-order valence-corrected chi connectivity index (χ3v) is 4.29. The average molecular weight is 381 g/mol. The Balaban J connectivity index is 2.58. The Bertz CT molecular complexity index is 649. The first-order valence-electron chi connectivity index (χ1n) is 5.71. The maximum Gasteiger partial charge on any atom is 0.145 e. The summed E-state index contributed by atoms with van der Waals surface area (Å²) >= 11 is 14.9. The molecule has 1 atom stereocenters. The lowest BCUT2D eigenvalue weighted by Crippen LogP contribution is -2.20. The van der Waals surface area contributed by atoms with Crippen LogP contribution in [0.1, 0.15) is 17.2 Å². The largest absolute Gasteiger partial charge is 0.309 e. The van der Waals surface area contributed by atoms with Crippen LogP contribution in [0.15, 0.2) is 34.8 Å². The smallest absolute Gasteiger partial charge is 0.145 e. The second-order valence-corrected chi connectivity index (χ2v) is 5.82. The van der Waals surface area contributed by atoms with Gasteiger partial charge in [-0.2, -0.15) is 0 Å². The van der Waals surface area contributed by atoms with Gasteiger partial charge in [0.1, 0.15) is 11.6 Å². The lowest BCUT2D eigenvalue weighted by atomic mass is 9.98. The molecule has 1 unspecified atom stereocenters. The average Bonchev–Trinajstić information content (AvgIpc) is 2.42. The van der Waals surface area contributed by atoms with Gasteiger partial charge in [-0.05, 0) is 52.8 Å². The van der Waals surface area contributed by atoms with E-state index in [4.69, 9.17) is 23.2 Å². The Morgan fingerprint density at radius 1 is 1.10 bits per heavy atom. The van der Waals surface area contributed by atoms with Crippen LogP contribution in [0.3, 0.4) is 0 Å². The van der Waals surface area contributed by atoms with Gasteiger partial charge in [0.2, 0.25) is 0 Å². The summed E-state index contributed by atoms with van der Waals surface area (Å²) in [5.41, 5.74) is 0.554. The molecule has 0 amide bonds. The Hall–Kier alpha value is -0.680. The van der Waals surface area contributed by atoms with E-state index in [-0.39, 0.29) is 10.0 Å². The summed E-state index contributed by atoms with van der Waals surface area (Å²) in [4.78, 5) is 0. The molecule has 0 heterocycles. The fourth-order valence-electron chi connectivity index (χ4n) is 1.98. The molecular formula is C14H10BrCl2F2N. The van der Waals surface area contributed by atoms with Gasteiger partial charge in [0, 0.05) is 5.56 Å². The molecule has 2 aromatic rings. The minimum absolute atomic E-state index is 0.0692. The van der Waals surface area contributed by atoms with Gasteiger partial charge >= 0.3 is 0 Å². The molecule has 0 aromatic heterocycles. The third-order valence-electron chi connectivity index (χ3n) is 2.93. The summed E-state index contributed by atoms with van der Waals surface area (Å²) in [6, 6.07) is 6.74. The molecule has 0 spiro atoms. The lowest BCUT2D eigenvalue weighted by Gasteiger charge is -2.19. The van der Waals surface area contributed by atoms with Gasteiger partial charge in [0.15, 0.2) is 0 Å². The Labute approximate surface area is 134 Å². The molecule has 6 heteroatoms. The van der Waals surface area contributed by atoms with Crippen molar-refractivity contribution in [3.8, 4) is 0 Å². The zero-order chi connectivity index (χ0) is 14.9. The fourth-order valence-corrected chi connectivity index (χ4v) is 2.63. The zero-order valence-electron chi connectivity index (χ0n) is 10.4. The molecule has 1 nitrogen and oxygen atoms in total. The molecule has 0 saturated carbocycles. The van der Waals surface area contributed by atoms with Gasteiger partial charge in [-0.3, -0.25) is 0 Å². The molecule has 1 N–H and O–H groups in total. The van der Waals surface area contributed by atoms with Crippen LogP contribution in [-0.4, -0.2) is 7.05 Å². The molecule has 0 aliphatic rings. The fraction of sp³-hybridized carbons (Fsp3) is 0.143. The number of nitrogens with one attached hydrogen (secondary N) is 1. The highest BCUT2D eigenvalue weighted by atomic mass is 79.9. The molecule has 0 aliphatic carbocycles. The highest BCUT2D eigenvalue weighted by Gasteiger charge is 2.22. The van der Waals surface area contributed by atoms with Crippen molar-refractivity contribution in [3.05, 3.63) is 67.6 Å². The monoisotopic (exact) mass is 379 g/mol. The van der Waals surface area contributed by atoms with Crippen molar-refractivity contribution < 1.29 is 8.78 Å². The Morgan fingerprint density at radius 2 is 1.80 bits per heavy atom. The van der Waals surface area contributed by atoms with Crippen LogP contribution >= 0.6 is 39.1 Å². The number of hydrogen-bond donors (Lipinski definition) is 1.